The minimum absolute atomic E-state index is 0.137. The number of carbonyl (C=O) groups is 1. The van der Waals surface area contributed by atoms with Crippen LogP contribution in [0.25, 0.3) is 0 Å². The molecule has 86 valence electrons. The van der Waals surface area contributed by atoms with Crippen molar-refractivity contribution < 1.29 is 9.53 Å². The number of pyridine rings is 1. The first-order valence-electron chi connectivity index (χ1n) is 5.01. The number of ether oxygens (including phenoxy) is 1. The molecule has 0 radical (unpaired) electrons. The van der Waals surface area contributed by atoms with Gasteiger partial charge in [-0.2, -0.15) is 0 Å². The maximum atomic E-state index is 11.8. The smallest absolute Gasteiger partial charge is 0.267 e. The van der Waals surface area contributed by atoms with E-state index in [1.165, 1.54) is 0 Å². The molecule has 1 amide bonds. The number of hydrogen-bond acceptors (Lipinski definition) is 4. The van der Waals surface area contributed by atoms with Crippen LogP contribution in [0.2, 0.25) is 0 Å². The molecule has 0 saturated carbocycles. The molecule has 0 aromatic carbocycles. The predicted octanol–water partition coefficient (Wildman–Crippen LogP) is 0.821. The molecule has 1 aromatic rings. The Labute approximate surface area is 102 Å². The zero-order valence-electron chi connectivity index (χ0n) is 8.65. The van der Waals surface area contributed by atoms with Crippen molar-refractivity contribution in [2.75, 3.05) is 26.3 Å². The average molecular weight is 286 g/mol. The molecule has 1 N–H and O–H groups in total. The van der Waals surface area contributed by atoms with E-state index in [1.807, 2.05) is 5.01 Å². The van der Waals surface area contributed by atoms with E-state index in [0.717, 1.165) is 17.7 Å². The van der Waals surface area contributed by atoms with Crippen molar-refractivity contribution in [3.63, 3.8) is 0 Å². The van der Waals surface area contributed by atoms with E-state index in [0.29, 0.717) is 18.8 Å². The lowest BCUT2D eigenvalue weighted by Crippen LogP contribution is -2.48. The third kappa shape index (κ3) is 3.01. The first-order valence-corrected chi connectivity index (χ1v) is 5.80. The average Bonchev–Trinajstić information content (AvgIpc) is 2.31. The van der Waals surface area contributed by atoms with Crippen molar-refractivity contribution in [2.45, 2.75) is 0 Å². The molecule has 0 spiro atoms. The Morgan fingerprint density at radius 1 is 1.44 bits per heavy atom. The summed E-state index contributed by atoms with van der Waals surface area (Å²) in [5.41, 5.74) is 3.36. The summed E-state index contributed by atoms with van der Waals surface area (Å²) in [5, 5.41) is 1.86. The molecule has 2 rings (SSSR count). The second-order valence-electron chi connectivity index (χ2n) is 3.41. The van der Waals surface area contributed by atoms with Crippen molar-refractivity contribution in [1.82, 2.24) is 15.4 Å². The molecule has 1 aliphatic heterocycles. The molecule has 16 heavy (non-hydrogen) atoms. The first kappa shape index (κ1) is 11.5. The number of nitrogens with one attached hydrogen (secondary N) is 1. The quantitative estimate of drug-likeness (QED) is 0.818. The van der Waals surface area contributed by atoms with Crippen LogP contribution in [0.15, 0.2) is 22.9 Å². The number of hydrogen-bond donors (Lipinski definition) is 1. The summed E-state index contributed by atoms with van der Waals surface area (Å²) in [6.45, 7) is 2.74. The molecule has 1 aliphatic rings. The van der Waals surface area contributed by atoms with Gasteiger partial charge in [0.1, 0.15) is 4.60 Å². The molecule has 0 aliphatic carbocycles. The number of amides is 1. The van der Waals surface area contributed by atoms with E-state index in [2.05, 4.69) is 26.3 Å². The molecule has 0 bridgehead atoms. The van der Waals surface area contributed by atoms with Gasteiger partial charge in [-0.1, -0.05) is 0 Å². The Morgan fingerprint density at radius 2 is 2.19 bits per heavy atom. The standard InChI is InChI=1S/C10H12BrN3O2/c11-9-2-1-8(7-12-9)10(15)13-14-3-5-16-6-4-14/h1-2,7H,3-6H2,(H,13,15). The summed E-state index contributed by atoms with van der Waals surface area (Å²) < 4.78 is 5.91. The van der Waals surface area contributed by atoms with Crippen molar-refractivity contribution in [2.24, 2.45) is 0 Å². The monoisotopic (exact) mass is 285 g/mol. The van der Waals surface area contributed by atoms with Crippen molar-refractivity contribution >= 4 is 21.8 Å². The maximum absolute atomic E-state index is 11.8. The number of carbonyl (C=O) groups excluding carboxylic acids is 1. The lowest BCUT2D eigenvalue weighted by molar-refractivity contribution is 0.0126. The lowest BCUT2D eigenvalue weighted by Gasteiger charge is -2.26. The molecular weight excluding hydrogens is 274 g/mol. The normalized spacial score (nSPS) is 17.1. The van der Waals surface area contributed by atoms with Crippen LogP contribution >= 0.6 is 15.9 Å². The lowest BCUT2D eigenvalue weighted by atomic mass is 10.3. The van der Waals surface area contributed by atoms with Crippen LogP contribution in [0.4, 0.5) is 0 Å². The summed E-state index contributed by atoms with van der Waals surface area (Å²) in [4.78, 5) is 15.8. The topological polar surface area (TPSA) is 54.5 Å². The summed E-state index contributed by atoms with van der Waals surface area (Å²) in [7, 11) is 0. The minimum atomic E-state index is -0.137. The Bertz CT molecular complexity index is 363. The molecule has 2 heterocycles. The van der Waals surface area contributed by atoms with Crippen LogP contribution in [0.1, 0.15) is 10.4 Å². The van der Waals surface area contributed by atoms with Crippen LogP contribution in [-0.2, 0) is 4.74 Å². The van der Waals surface area contributed by atoms with E-state index >= 15 is 0 Å². The van der Waals surface area contributed by atoms with E-state index < -0.39 is 0 Å². The van der Waals surface area contributed by atoms with Crippen molar-refractivity contribution in [3.8, 4) is 0 Å². The van der Waals surface area contributed by atoms with Gasteiger partial charge in [0.2, 0.25) is 0 Å². The first-order chi connectivity index (χ1) is 7.75. The predicted molar refractivity (Wildman–Crippen MR) is 61.8 cm³/mol. The van der Waals surface area contributed by atoms with Crippen LogP contribution in [0.3, 0.4) is 0 Å². The number of hydrazine groups is 1. The molecule has 6 heteroatoms. The molecule has 5 nitrogen and oxygen atoms in total. The number of aromatic nitrogens is 1. The molecule has 0 unspecified atom stereocenters. The Hall–Kier alpha value is -0.980. The molecule has 1 saturated heterocycles. The highest BCUT2D eigenvalue weighted by Crippen LogP contribution is 2.06. The molecular formula is C10H12BrN3O2. The minimum Gasteiger partial charge on any atom is -0.379 e. The maximum Gasteiger partial charge on any atom is 0.267 e. The zero-order chi connectivity index (χ0) is 11.4. The van der Waals surface area contributed by atoms with Gasteiger partial charge in [0, 0.05) is 19.3 Å². The van der Waals surface area contributed by atoms with Gasteiger partial charge in [0.25, 0.3) is 5.91 Å². The third-order valence-corrected chi connectivity index (χ3v) is 2.73. The largest absolute Gasteiger partial charge is 0.379 e. The van der Waals surface area contributed by atoms with Gasteiger partial charge in [-0.15, -0.1) is 0 Å². The van der Waals surface area contributed by atoms with E-state index in [1.54, 1.807) is 18.3 Å². The van der Waals surface area contributed by atoms with Crippen molar-refractivity contribution in [3.05, 3.63) is 28.5 Å². The second-order valence-corrected chi connectivity index (χ2v) is 4.22. The number of nitrogens with zero attached hydrogens (tertiary/aromatic N) is 2. The Kier molecular flexibility index (Phi) is 3.87. The van der Waals surface area contributed by atoms with Crippen LogP contribution in [-0.4, -0.2) is 42.2 Å². The van der Waals surface area contributed by atoms with Crippen molar-refractivity contribution in [1.29, 1.82) is 0 Å². The SMILES string of the molecule is O=C(NN1CCOCC1)c1ccc(Br)nc1. The summed E-state index contributed by atoms with van der Waals surface area (Å²) in [6, 6.07) is 3.47. The molecule has 1 aromatic heterocycles. The summed E-state index contributed by atoms with van der Waals surface area (Å²) in [6.07, 6.45) is 1.54. The Balaban J connectivity index is 1.94. The van der Waals surface area contributed by atoms with Gasteiger partial charge >= 0.3 is 0 Å². The fraction of sp³-hybridized carbons (Fsp3) is 0.400. The van der Waals surface area contributed by atoms with Gasteiger partial charge in [-0.3, -0.25) is 10.2 Å². The van der Waals surface area contributed by atoms with Gasteiger partial charge in [-0.05, 0) is 28.1 Å². The van der Waals surface area contributed by atoms with Gasteiger partial charge in [0.15, 0.2) is 0 Å². The number of rotatable bonds is 2. The summed E-state index contributed by atoms with van der Waals surface area (Å²) >= 11 is 3.22. The van der Waals surface area contributed by atoms with Gasteiger partial charge < -0.3 is 4.74 Å². The highest BCUT2D eigenvalue weighted by molar-refractivity contribution is 9.10. The van der Waals surface area contributed by atoms with Gasteiger partial charge in [0.05, 0.1) is 18.8 Å². The Morgan fingerprint density at radius 3 is 2.81 bits per heavy atom. The molecule has 0 atom stereocenters. The third-order valence-electron chi connectivity index (χ3n) is 2.26. The highest BCUT2D eigenvalue weighted by Gasteiger charge is 2.14. The van der Waals surface area contributed by atoms with Crippen LogP contribution < -0.4 is 5.43 Å². The fourth-order valence-electron chi connectivity index (χ4n) is 1.39. The van der Waals surface area contributed by atoms with Gasteiger partial charge in [-0.25, -0.2) is 9.99 Å². The van der Waals surface area contributed by atoms with E-state index in [9.17, 15) is 4.79 Å². The highest BCUT2D eigenvalue weighted by atomic mass is 79.9. The molecule has 1 fully saturated rings. The zero-order valence-corrected chi connectivity index (χ0v) is 10.2. The fourth-order valence-corrected chi connectivity index (χ4v) is 1.63. The van der Waals surface area contributed by atoms with E-state index in [-0.39, 0.29) is 5.91 Å². The summed E-state index contributed by atoms with van der Waals surface area (Å²) in [5.74, 6) is -0.137. The number of halogens is 1. The number of morpholine rings is 1. The van der Waals surface area contributed by atoms with Crippen LogP contribution in [0, 0.1) is 0 Å². The van der Waals surface area contributed by atoms with E-state index in [4.69, 9.17) is 4.74 Å². The van der Waals surface area contributed by atoms with Crippen LogP contribution in [0.5, 0.6) is 0 Å². The second kappa shape index (κ2) is 5.38.